The molecule has 0 bridgehead atoms. The minimum absolute atomic E-state index is 0.0385. The molecule has 8 heteroatoms. The number of Topliss-reactive ketones (excluding diaryl/α,β-unsaturated/α-hetero) is 1. The first kappa shape index (κ1) is 23.4. The van der Waals surface area contributed by atoms with Crippen molar-refractivity contribution >= 4 is 28.2 Å². The number of aromatic nitrogens is 5. The van der Waals surface area contributed by atoms with E-state index in [0.717, 1.165) is 71.7 Å². The van der Waals surface area contributed by atoms with Gasteiger partial charge in [-0.05, 0) is 55.2 Å². The zero-order valence-electron chi connectivity index (χ0n) is 21.0. The predicted molar refractivity (Wildman–Crippen MR) is 145 cm³/mol. The summed E-state index contributed by atoms with van der Waals surface area (Å²) in [5, 5.41) is 6.02. The van der Waals surface area contributed by atoms with Gasteiger partial charge in [0.1, 0.15) is 17.2 Å². The minimum Gasteiger partial charge on any atom is -0.356 e. The number of hydrogen-bond acceptors (Lipinski definition) is 6. The summed E-state index contributed by atoms with van der Waals surface area (Å²) in [7, 11) is 0. The Morgan fingerprint density at radius 1 is 1.05 bits per heavy atom. The van der Waals surface area contributed by atoms with Gasteiger partial charge in [-0.25, -0.2) is 9.97 Å². The Hall–Kier alpha value is -4.04. The minimum atomic E-state index is 0.0385. The first-order valence-corrected chi connectivity index (χ1v) is 13.0. The number of imidazole rings is 1. The van der Waals surface area contributed by atoms with Crippen LogP contribution < -0.4 is 10.6 Å². The number of anilines is 1. The molecule has 1 aromatic carbocycles. The number of aryl methyl sites for hydroxylation is 1. The fourth-order valence-electron chi connectivity index (χ4n) is 5.32. The molecule has 2 N–H and O–H groups in total. The van der Waals surface area contributed by atoms with E-state index in [1.807, 2.05) is 45.6 Å². The van der Waals surface area contributed by atoms with Crippen LogP contribution in [0.2, 0.25) is 0 Å². The lowest BCUT2D eigenvalue weighted by Gasteiger charge is -2.31. The average Bonchev–Trinajstić information content (AvgIpc) is 3.52. The number of pyridine rings is 2. The van der Waals surface area contributed by atoms with E-state index in [4.69, 9.17) is 15.8 Å². The van der Waals surface area contributed by atoms with Crippen LogP contribution in [0.15, 0.2) is 67.0 Å². The summed E-state index contributed by atoms with van der Waals surface area (Å²) in [6, 6.07) is 18.3. The number of nitrogens with two attached hydrogens (primary N) is 1. The Balaban J connectivity index is 1.30. The van der Waals surface area contributed by atoms with Crippen LogP contribution in [0.1, 0.15) is 47.2 Å². The molecule has 0 saturated carbocycles. The lowest BCUT2D eigenvalue weighted by Crippen LogP contribution is -2.40. The van der Waals surface area contributed by atoms with E-state index >= 15 is 0 Å². The van der Waals surface area contributed by atoms with Gasteiger partial charge in [-0.15, -0.1) is 0 Å². The second-order valence-electron chi connectivity index (χ2n) is 9.75. The second-order valence-corrected chi connectivity index (χ2v) is 9.75. The van der Waals surface area contributed by atoms with Crippen molar-refractivity contribution in [2.45, 2.75) is 45.2 Å². The van der Waals surface area contributed by atoms with Crippen molar-refractivity contribution in [1.82, 2.24) is 24.1 Å². The number of fused-ring (bicyclic) bond motifs is 2. The summed E-state index contributed by atoms with van der Waals surface area (Å²) in [5.41, 5.74) is 11.4. The van der Waals surface area contributed by atoms with E-state index < -0.39 is 0 Å². The normalized spacial score (nSPS) is 14.6. The van der Waals surface area contributed by atoms with Gasteiger partial charge in [0.15, 0.2) is 5.78 Å². The summed E-state index contributed by atoms with van der Waals surface area (Å²) < 4.78 is 3.87. The van der Waals surface area contributed by atoms with E-state index in [1.165, 1.54) is 0 Å². The maximum absolute atomic E-state index is 13.3. The van der Waals surface area contributed by atoms with Gasteiger partial charge in [-0.2, -0.15) is 5.10 Å². The van der Waals surface area contributed by atoms with Crippen LogP contribution in [-0.2, 0) is 19.4 Å². The molecule has 188 valence electrons. The Bertz CT molecular complexity index is 1580. The van der Waals surface area contributed by atoms with Gasteiger partial charge in [-0.1, -0.05) is 31.2 Å². The summed E-state index contributed by atoms with van der Waals surface area (Å²) >= 11 is 0. The van der Waals surface area contributed by atoms with Gasteiger partial charge in [-0.3, -0.25) is 13.9 Å². The van der Waals surface area contributed by atoms with Crippen LogP contribution in [0.3, 0.4) is 0 Å². The van der Waals surface area contributed by atoms with Gasteiger partial charge >= 0.3 is 0 Å². The van der Waals surface area contributed by atoms with E-state index in [0.29, 0.717) is 18.7 Å². The van der Waals surface area contributed by atoms with Crippen molar-refractivity contribution in [3.05, 3.63) is 89.6 Å². The van der Waals surface area contributed by atoms with Crippen LogP contribution in [0.5, 0.6) is 0 Å². The molecule has 4 aromatic heterocycles. The molecular formula is C29H31N7O. The zero-order valence-corrected chi connectivity index (χ0v) is 21.0. The molecular weight excluding hydrogens is 462 g/mol. The summed E-state index contributed by atoms with van der Waals surface area (Å²) in [6.45, 7) is 4.55. The van der Waals surface area contributed by atoms with Gasteiger partial charge in [0.25, 0.3) is 0 Å². The zero-order chi connectivity index (χ0) is 25.4. The van der Waals surface area contributed by atoms with Crippen LogP contribution in [-0.4, -0.2) is 49.1 Å². The fraction of sp³-hybridized carbons (Fsp3) is 0.310. The van der Waals surface area contributed by atoms with Crippen molar-refractivity contribution in [2.75, 3.05) is 18.0 Å². The van der Waals surface area contributed by atoms with E-state index in [9.17, 15) is 4.79 Å². The lowest BCUT2D eigenvalue weighted by atomic mass is 10.0. The van der Waals surface area contributed by atoms with Crippen LogP contribution in [0.4, 0.5) is 5.82 Å². The highest BCUT2D eigenvalue weighted by Gasteiger charge is 2.20. The second kappa shape index (κ2) is 9.78. The molecule has 8 nitrogen and oxygen atoms in total. The number of piperidine rings is 1. The molecule has 6 rings (SSSR count). The standard InChI is InChI=1S/C29H31N7O/c1-2-23-29-20(17-26(37)25-18-31-27-10-3-4-14-35(25)27)7-5-9-24(29)36(33-23)19-22-8-6-11-28(32-22)34-15-12-21(30)13-16-34/h3-11,14,18,21H,2,12-13,15-17,19,30H2,1H3. The van der Waals surface area contributed by atoms with Gasteiger partial charge in [0.05, 0.1) is 29.6 Å². The fourth-order valence-corrected chi connectivity index (χ4v) is 5.32. The number of benzene rings is 1. The third-order valence-electron chi connectivity index (χ3n) is 7.29. The monoisotopic (exact) mass is 493 g/mol. The SMILES string of the molecule is CCc1nn(Cc2cccc(N3CCC(N)CC3)n2)c2cccc(CC(=O)c3cnc4ccccn34)c12. The molecule has 5 aromatic rings. The van der Waals surface area contributed by atoms with Gasteiger partial charge in [0, 0.05) is 37.1 Å². The van der Waals surface area contributed by atoms with E-state index in [2.05, 4.69) is 41.1 Å². The van der Waals surface area contributed by atoms with E-state index in [-0.39, 0.29) is 11.8 Å². The smallest absolute Gasteiger partial charge is 0.185 e. The molecule has 0 aliphatic carbocycles. The number of hydrogen-bond donors (Lipinski definition) is 1. The van der Waals surface area contributed by atoms with Crippen molar-refractivity contribution in [3.8, 4) is 0 Å². The van der Waals surface area contributed by atoms with Crippen molar-refractivity contribution in [1.29, 1.82) is 0 Å². The Labute approximate surface area is 215 Å². The highest BCUT2D eigenvalue weighted by Crippen LogP contribution is 2.26. The molecule has 0 amide bonds. The summed E-state index contributed by atoms with van der Waals surface area (Å²) in [4.78, 5) is 25.0. The Morgan fingerprint density at radius 3 is 2.73 bits per heavy atom. The van der Waals surface area contributed by atoms with Gasteiger partial charge < -0.3 is 10.6 Å². The molecule has 0 unspecified atom stereocenters. The highest BCUT2D eigenvalue weighted by molar-refractivity contribution is 5.99. The lowest BCUT2D eigenvalue weighted by molar-refractivity contribution is 0.0987. The van der Waals surface area contributed by atoms with Crippen molar-refractivity contribution in [2.24, 2.45) is 5.73 Å². The third-order valence-corrected chi connectivity index (χ3v) is 7.29. The third kappa shape index (κ3) is 4.49. The first-order valence-electron chi connectivity index (χ1n) is 13.0. The molecule has 1 saturated heterocycles. The molecule has 5 heterocycles. The number of carbonyl (C=O) groups excluding carboxylic acids is 1. The van der Waals surface area contributed by atoms with Crippen LogP contribution in [0.25, 0.3) is 16.6 Å². The van der Waals surface area contributed by atoms with Crippen LogP contribution in [0, 0.1) is 0 Å². The molecule has 1 aliphatic heterocycles. The average molecular weight is 494 g/mol. The predicted octanol–water partition coefficient (Wildman–Crippen LogP) is 4.04. The van der Waals surface area contributed by atoms with Gasteiger partial charge in [0.2, 0.25) is 0 Å². The molecule has 0 spiro atoms. The molecule has 37 heavy (non-hydrogen) atoms. The van der Waals surface area contributed by atoms with E-state index in [1.54, 1.807) is 6.20 Å². The summed E-state index contributed by atoms with van der Waals surface area (Å²) in [6.07, 6.45) is 6.61. The number of nitrogens with zero attached hydrogens (tertiary/aromatic N) is 6. The number of ketones is 1. The molecule has 0 radical (unpaired) electrons. The molecule has 0 atom stereocenters. The number of rotatable bonds is 7. The number of carbonyl (C=O) groups is 1. The van der Waals surface area contributed by atoms with Crippen molar-refractivity contribution in [3.63, 3.8) is 0 Å². The quantitative estimate of drug-likeness (QED) is 0.344. The largest absolute Gasteiger partial charge is 0.356 e. The van der Waals surface area contributed by atoms with Crippen molar-refractivity contribution < 1.29 is 4.79 Å². The molecule has 1 aliphatic rings. The topological polar surface area (TPSA) is 94.3 Å². The Kier molecular flexibility index (Phi) is 6.18. The first-order chi connectivity index (χ1) is 18.1. The highest BCUT2D eigenvalue weighted by atomic mass is 16.1. The molecule has 1 fully saturated rings. The summed E-state index contributed by atoms with van der Waals surface area (Å²) in [5.74, 6) is 1.03. The van der Waals surface area contributed by atoms with Crippen LogP contribution >= 0.6 is 0 Å². The maximum Gasteiger partial charge on any atom is 0.185 e. The Morgan fingerprint density at radius 2 is 1.89 bits per heavy atom. The maximum atomic E-state index is 13.3.